The molecule has 2 fully saturated rings. The van der Waals surface area contributed by atoms with Crippen LogP contribution < -0.4 is 16.0 Å². The molecule has 3 rings (SSSR count). The highest BCUT2D eigenvalue weighted by molar-refractivity contribution is 6.02. The standard InChI is InChI=1S/C23H34N4O4/c1-22(2,3)21(31)25-18-8-7-16(15-17(18)19(28)29)26-13-9-23(10-14-26,20(24)30)27-11-5-4-6-12-27/h7-8,15H,4-6,9-14H2,1-3H3,(H2,24,30)(H,25,31)(H,28,29). The van der Waals surface area contributed by atoms with E-state index in [9.17, 15) is 19.5 Å². The Morgan fingerprint density at radius 3 is 2.16 bits per heavy atom. The van der Waals surface area contributed by atoms with Gasteiger partial charge >= 0.3 is 5.97 Å². The van der Waals surface area contributed by atoms with Gasteiger partial charge in [-0.3, -0.25) is 14.5 Å². The number of likely N-dealkylation sites (tertiary alicyclic amines) is 1. The molecule has 0 bridgehead atoms. The second kappa shape index (κ2) is 8.86. The van der Waals surface area contributed by atoms with Crippen LogP contribution in [0.15, 0.2) is 18.2 Å². The molecule has 2 aliphatic rings. The van der Waals surface area contributed by atoms with Crippen LogP contribution in [0.2, 0.25) is 0 Å². The van der Waals surface area contributed by atoms with E-state index >= 15 is 0 Å². The summed E-state index contributed by atoms with van der Waals surface area (Å²) in [4.78, 5) is 40.9. The van der Waals surface area contributed by atoms with Crippen LogP contribution in [0.4, 0.5) is 11.4 Å². The summed E-state index contributed by atoms with van der Waals surface area (Å²) in [5, 5.41) is 12.4. The monoisotopic (exact) mass is 430 g/mol. The molecule has 2 saturated heterocycles. The molecule has 170 valence electrons. The molecule has 4 N–H and O–H groups in total. The van der Waals surface area contributed by atoms with Crippen molar-refractivity contribution < 1.29 is 19.5 Å². The second-order valence-electron chi connectivity index (χ2n) is 9.67. The van der Waals surface area contributed by atoms with Crippen molar-refractivity contribution in [2.75, 3.05) is 36.4 Å². The average Bonchev–Trinajstić information content (AvgIpc) is 2.73. The predicted octanol–water partition coefficient (Wildman–Crippen LogP) is 2.68. The van der Waals surface area contributed by atoms with Gasteiger partial charge in [-0.15, -0.1) is 0 Å². The first-order valence-corrected chi connectivity index (χ1v) is 11.0. The van der Waals surface area contributed by atoms with Gasteiger partial charge in [0.1, 0.15) is 5.54 Å². The first kappa shape index (κ1) is 23.1. The number of benzene rings is 1. The number of nitrogens with two attached hydrogens (primary N) is 1. The van der Waals surface area contributed by atoms with Crippen LogP contribution >= 0.6 is 0 Å². The highest BCUT2D eigenvalue weighted by Crippen LogP contribution is 2.34. The normalized spacial score (nSPS) is 19.6. The van der Waals surface area contributed by atoms with Gasteiger partial charge in [0.25, 0.3) is 0 Å². The number of piperidine rings is 2. The molecular formula is C23H34N4O4. The van der Waals surface area contributed by atoms with Crippen LogP contribution in [0.25, 0.3) is 0 Å². The highest BCUT2D eigenvalue weighted by Gasteiger charge is 2.45. The van der Waals surface area contributed by atoms with Crippen molar-refractivity contribution in [3.05, 3.63) is 23.8 Å². The number of rotatable bonds is 5. The van der Waals surface area contributed by atoms with Gasteiger partial charge in [-0.25, -0.2) is 4.79 Å². The van der Waals surface area contributed by atoms with Crippen molar-refractivity contribution in [1.82, 2.24) is 4.90 Å². The lowest BCUT2D eigenvalue weighted by molar-refractivity contribution is -0.132. The number of hydrogen-bond acceptors (Lipinski definition) is 5. The summed E-state index contributed by atoms with van der Waals surface area (Å²) in [5.41, 5.74) is 5.72. The molecular weight excluding hydrogens is 396 g/mol. The number of nitrogens with one attached hydrogen (secondary N) is 1. The Hall–Kier alpha value is -2.61. The average molecular weight is 431 g/mol. The van der Waals surface area contributed by atoms with Gasteiger partial charge in [0.2, 0.25) is 11.8 Å². The number of carboxylic acid groups (broad SMARTS) is 1. The van der Waals surface area contributed by atoms with E-state index in [0.29, 0.717) is 25.9 Å². The molecule has 2 amide bonds. The first-order valence-electron chi connectivity index (χ1n) is 11.0. The maximum Gasteiger partial charge on any atom is 0.337 e. The van der Waals surface area contributed by atoms with E-state index in [1.807, 2.05) is 6.07 Å². The Morgan fingerprint density at radius 2 is 1.65 bits per heavy atom. The van der Waals surface area contributed by atoms with E-state index in [1.54, 1.807) is 32.9 Å². The number of carbonyl (C=O) groups is 3. The number of hydrogen-bond donors (Lipinski definition) is 3. The number of anilines is 2. The van der Waals surface area contributed by atoms with Crippen LogP contribution in [0.1, 0.15) is 63.2 Å². The fourth-order valence-corrected chi connectivity index (χ4v) is 4.50. The minimum absolute atomic E-state index is 0.0536. The third kappa shape index (κ3) is 4.84. The summed E-state index contributed by atoms with van der Waals surface area (Å²) in [5.74, 6) is -1.60. The zero-order chi connectivity index (χ0) is 22.8. The van der Waals surface area contributed by atoms with Crippen molar-refractivity contribution in [3.63, 3.8) is 0 Å². The molecule has 0 unspecified atom stereocenters. The molecule has 0 spiro atoms. The topological polar surface area (TPSA) is 116 Å². The summed E-state index contributed by atoms with van der Waals surface area (Å²) in [6.07, 6.45) is 4.60. The minimum atomic E-state index is -1.09. The molecule has 1 aromatic carbocycles. The van der Waals surface area contributed by atoms with Gasteiger partial charge in [0, 0.05) is 24.2 Å². The largest absolute Gasteiger partial charge is 0.478 e. The molecule has 8 nitrogen and oxygen atoms in total. The summed E-state index contributed by atoms with van der Waals surface area (Å²) < 4.78 is 0. The molecule has 0 atom stereocenters. The smallest absolute Gasteiger partial charge is 0.337 e. The molecule has 0 aliphatic carbocycles. The third-order valence-corrected chi connectivity index (χ3v) is 6.54. The zero-order valence-corrected chi connectivity index (χ0v) is 18.7. The number of carbonyl (C=O) groups excluding carboxylic acids is 2. The zero-order valence-electron chi connectivity index (χ0n) is 18.7. The molecule has 1 aromatic rings. The first-order chi connectivity index (χ1) is 14.5. The van der Waals surface area contributed by atoms with E-state index in [1.165, 1.54) is 6.42 Å². The van der Waals surface area contributed by atoms with Crippen molar-refractivity contribution in [2.24, 2.45) is 11.1 Å². The van der Waals surface area contributed by atoms with Gasteiger partial charge < -0.3 is 21.1 Å². The van der Waals surface area contributed by atoms with E-state index in [2.05, 4.69) is 15.1 Å². The lowest BCUT2D eigenvalue weighted by Crippen LogP contribution is -2.63. The lowest BCUT2D eigenvalue weighted by atomic mass is 9.83. The van der Waals surface area contributed by atoms with Crippen LogP contribution in [0.5, 0.6) is 0 Å². The van der Waals surface area contributed by atoms with E-state index in [4.69, 9.17) is 5.73 Å². The number of aromatic carboxylic acids is 1. The molecule has 2 aliphatic heterocycles. The van der Waals surface area contributed by atoms with Crippen LogP contribution in [-0.4, -0.2) is 59.5 Å². The van der Waals surface area contributed by atoms with Crippen molar-refractivity contribution in [2.45, 2.75) is 58.4 Å². The van der Waals surface area contributed by atoms with Gasteiger partial charge in [0.05, 0.1) is 11.3 Å². The van der Waals surface area contributed by atoms with Crippen molar-refractivity contribution in [3.8, 4) is 0 Å². The van der Waals surface area contributed by atoms with E-state index in [0.717, 1.165) is 31.6 Å². The van der Waals surface area contributed by atoms with Crippen LogP contribution in [0, 0.1) is 5.41 Å². The maximum absolute atomic E-state index is 12.4. The molecule has 2 heterocycles. The van der Waals surface area contributed by atoms with Crippen molar-refractivity contribution >= 4 is 29.2 Å². The predicted molar refractivity (Wildman–Crippen MR) is 120 cm³/mol. The number of carboxylic acids is 1. The quantitative estimate of drug-likeness (QED) is 0.661. The van der Waals surface area contributed by atoms with Gasteiger partial charge in [-0.2, -0.15) is 0 Å². The maximum atomic E-state index is 12.4. The Bertz CT molecular complexity index is 848. The molecule has 31 heavy (non-hydrogen) atoms. The fourth-order valence-electron chi connectivity index (χ4n) is 4.50. The molecule has 8 heteroatoms. The van der Waals surface area contributed by atoms with Gasteiger partial charge in [-0.05, 0) is 57.0 Å². The molecule has 0 saturated carbocycles. The van der Waals surface area contributed by atoms with E-state index < -0.39 is 16.9 Å². The Morgan fingerprint density at radius 1 is 1.03 bits per heavy atom. The van der Waals surface area contributed by atoms with Gasteiger partial charge in [-0.1, -0.05) is 27.2 Å². The minimum Gasteiger partial charge on any atom is -0.478 e. The fraction of sp³-hybridized carbons (Fsp3) is 0.609. The summed E-state index contributed by atoms with van der Waals surface area (Å²) in [6.45, 7) is 8.36. The Kier molecular flexibility index (Phi) is 6.59. The van der Waals surface area contributed by atoms with Crippen LogP contribution in [0.3, 0.4) is 0 Å². The van der Waals surface area contributed by atoms with Crippen LogP contribution in [-0.2, 0) is 9.59 Å². The van der Waals surface area contributed by atoms with Gasteiger partial charge in [0.15, 0.2) is 0 Å². The molecule has 0 radical (unpaired) electrons. The number of nitrogens with zero attached hydrogens (tertiary/aromatic N) is 2. The Balaban J connectivity index is 1.78. The second-order valence-corrected chi connectivity index (χ2v) is 9.67. The highest BCUT2D eigenvalue weighted by atomic mass is 16.4. The summed E-state index contributed by atoms with van der Waals surface area (Å²) >= 11 is 0. The van der Waals surface area contributed by atoms with Crippen molar-refractivity contribution in [1.29, 1.82) is 0 Å². The summed E-state index contributed by atoms with van der Waals surface area (Å²) in [6, 6.07) is 5.06. The third-order valence-electron chi connectivity index (χ3n) is 6.54. The Labute approximate surface area is 183 Å². The number of primary amides is 1. The summed E-state index contributed by atoms with van der Waals surface area (Å²) in [7, 11) is 0. The SMILES string of the molecule is CC(C)(C)C(=O)Nc1ccc(N2CCC(C(N)=O)(N3CCCCC3)CC2)cc1C(=O)O. The molecule has 0 aromatic heterocycles. The van der Waals surface area contributed by atoms with E-state index in [-0.39, 0.29) is 23.1 Å². The lowest BCUT2D eigenvalue weighted by Gasteiger charge is -2.48. The number of amides is 2.